The van der Waals surface area contributed by atoms with Gasteiger partial charge in [-0.25, -0.2) is 0 Å². The topological polar surface area (TPSA) is 27.7 Å². The second-order valence-electron chi connectivity index (χ2n) is 5.96. The lowest BCUT2D eigenvalue weighted by Gasteiger charge is -2.30. The Bertz CT molecular complexity index is 443. The van der Waals surface area contributed by atoms with Gasteiger partial charge in [-0.05, 0) is 31.5 Å². The van der Waals surface area contributed by atoms with Crippen LogP contribution in [0.25, 0.3) is 0 Å². The number of allylic oxidation sites excluding steroid dienone is 2. The van der Waals surface area contributed by atoms with Gasteiger partial charge in [-0.3, -0.25) is 4.90 Å². The standard InChI is InChI=1S/C15H23N3O.C4H8.C2H6/c1-3-15(18-7-5-16-6-8-18)4-2-14(1)13-17-9-11-19-12-10-17;1-3-4-2;1-2/h1-4,16H,5-13H2;3-4H,1-2H3;1-2H3/b;4-3-;. The minimum Gasteiger partial charge on any atom is -0.379 e. The van der Waals surface area contributed by atoms with Crippen molar-refractivity contribution in [3.05, 3.63) is 42.0 Å². The summed E-state index contributed by atoms with van der Waals surface area (Å²) in [5, 5.41) is 3.39. The second kappa shape index (κ2) is 13.9. The zero-order chi connectivity index (χ0) is 18.3. The molecule has 1 aromatic carbocycles. The number of hydrogen-bond donors (Lipinski definition) is 1. The Morgan fingerprint density at radius 3 is 2.00 bits per heavy atom. The Hall–Kier alpha value is -1.36. The first-order chi connectivity index (χ1) is 12.3. The molecule has 0 saturated carbocycles. The maximum Gasteiger partial charge on any atom is 0.0594 e. The van der Waals surface area contributed by atoms with Gasteiger partial charge in [0.1, 0.15) is 0 Å². The van der Waals surface area contributed by atoms with Gasteiger partial charge in [0.15, 0.2) is 0 Å². The van der Waals surface area contributed by atoms with Gasteiger partial charge in [0, 0.05) is 51.5 Å². The number of nitrogens with one attached hydrogen (secondary N) is 1. The summed E-state index contributed by atoms with van der Waals surface area (Å²) >= 11 is 0. The van der Waals surface area contributed by atoms with E-state index < -0.39 is 0 Å². The van der Waals surface area contributed by atoms with Crippen molar-refractivity contribution in [1.82, 2.24) is 10.2 Å². The van der Waals surface area contributed by atoms with E-state index in [0.29, 0.717) is 0 Å². The van der Waals surface area contributed by atoms with Gasteiger partial charge in [0.05, 0.1) is 13.2 Å². The van der Waals surface area contributed by atoms with E-state index in [2.05, 4.69) is 39.4 Å². The zero-order valence-electron chi connectivity index (χ0n) is 16.6. The van der Waals surface area contributed by atoms with Crippen LogP contribution in [0, 0.1) is 0 Å². The molecule has 0 unspecified atom stereocenters. The van der Waals surface area contributed by atoms with Crippen LogP contribution in [0.2, 0.25) is 0 Å². The van der Waals surface area contributed by atoms with Gasteiger partial charge in [0.2, 0.25) is 0 Å². The molecule has 142 valence electrons. The van der Waals surface area contributed by atoms with Gasteiger partial charge >= 0.3 is 0 Å². The molecule has 4 heteroatoms. The lowest BCUT2D eigenvalue weighted by atomic mass is 10.1. The molecule has 0 aromatic heterocycles. The van der Waals surface area contributed by atoms with Gasteiger partial charge in [0.25, 0.3) is 0 Å². The zero-order valence-corrected chi connectivity index (χ0v) is 16.6. The Balaban J connectivity index is 0.000000461. The molecular weight excluding hydrogens is 310 g/mol. The summed E-state index contributed by atoms with van der Waals surface area (Å²) in [4.78, 5) is 4.92. The van der Waals surface area contributed by atoms with Crippen LogP contribution in [0.15, 0.2) is 36.4 Å². The first-order valence-electron chi connectivity index (χ1n) is 9.75. The van der Waals surface area contributed by atoms with E-state index in [1.165, 1.54) is 11.3 Å². The molecule has 0 aliphatic carbocycles. The van der Waals surface area contributed by atoms with Crippen molar-refractivity contribution >= 4 is 5.69 Å². The van der Waals surface area contributed by atoms with E-state index in [-0.39, 0.29) is 0 Å². The van der Waals surface area contributed by atoms with Crippen LogP contribution in [0.5, 0.6) is 0 Å². The highest BCUT2D eigenvalue weighted by atomic mass is 16.5. The fourth-order valence-electron chi connectivity index (χ4n) is 2.75. The summed E-state index contributed by atoms with van der Waals surface area (Å²) in [6, 6.07) is 9.07. The molecule has 2 aliphatic heterocycles. The predicted molar refractivity (Wildman–Crippen MR) is 109 cm³/mol. The van der Waals surface area contributed by atoms with Gasteiger partial charge in [-0.15, -0.1) is 0 Å². The maximum atomic E-state index is 5.38. The fourth-order valence-corrected chi connectivity index (χ4v) is 2.75. The van der Waals surface area contributed by atoms with Crippen molar-refractivity contribution in [3.63, 3.8) is 0 Å². The van der Waals surface area contributed by atoms with Crippen LogP contribution in [0.1, 0.15) is 33.3 Å². The minimum absolute atomic E-state index is 0.874. The fraction of sp³-hybridized carbons (Fsp3) is 0.619. The normalized spacial score (nSPS) is 18.2. The molecule has 0 bridgehead atoms. The van der Waals surface area contributed by atoms with Gasteiger partial charge < -0.3 is 15.0 Å². The van der Waals surface area contributed by atoms with Crippen LogP contribution in [-0.2, 0) is 11.3 Å². The van der Waals surface area contributed by atoms with Crippen molar-refractivity contribution in [2.45, 2.75) is 34.2 Å². The third kappa shape index (κ3) is 8.52. The molecular formula is C21H37N3O. The van der Waals surface area contributed by atoms with Crippen molar-refractivity contribution in [2.24, 2.45) is 0 Å². The van der Waals surface area contributed by atoms with E-state index in [1.807, 2.05) is 39.8 Å². The number of rotatable bonds is 3. The van der Waals surface area contributed by atoms with E-state index in [4.69, 9.17) is 4.74 Å². The van der Waals surface area contributed by atoms with Gasteiger partial charge in [-0.2, -0.15) is 0 Å². The molecule has 4 nitrogen and oxygen atoms in total. The monoisotopic (exact) mass is 347 g/mol. The first-order valence-corrected chi connectivity index (χ1v) is 9.75. The second-order valence-corrected chi connectivity index (χ2v) is 5.96. The SMILES string of the molecule is C/C=C\C.CC.c1cc(N2CCNCC2)ccc1CN1CCOCC1. The lowest BCUT2D eigenvalue weighted by molar-refractivity contribution is 0.0342. The molecule has 0 amide bonds. The van der Waals surface area contributed by atoms with Crippen molar-refractivity contribution in [1.29, 1.82) is 0 Å². The number of anilines is 1. The third-order valence-corrected chi connectivity index (χ3v) is 4.26. The van der Waals surface area contributed by atoms with E-state index in [1.54, 1.807) is 0 Å². The number of piperazine rings is 1. The molecule has 0 radical (unpaired) electrons. The number of benzene rings is 1. The quantitative estimate of drug-likeness (QED) is 0.847. The molecule has 1 aromatic rings. The van der Waals surface area contributed by atoms with Crippen molar-refractivity contribution in [3.8, 4) is 0 Å². The molecule has 2 heterocycles. The summed E-state index contributed by atoms with van der Waals surface area (Å²) in [5.74, 6) is 0. The van der Waals surface area contributed by atoms with Crippen LogP contribution in [0.4, 0.5) is 5.69 Å². The molecule has 25 heavy (non-hydrogen) atoms. The third-order valence-electron chi connectivity index (χ3n) is 4.26. The molecule has 2 fully saturated rings. The summed E-state index contributed by atoms with van der Waals surface area (Å²) in [6.07, 6.45) is 4.00. The Kier molecular flexibility index (Phi) is 12.0. The molecule has 3 rings (SSSR count). The van der Waals surface area contributed by atoms with Crippen LogP contribution >= 0.6 is 0 Å². The van der Waals surface area contributed by atoms with Crippen molar-refractivity contribution in [2.75, 3.05) is 57.4 Å². The van der Waals surface area contributed by atoms with Crippen LogP contribution in [0.3, 0.4) is 0 Å². The highest BCUT2D eigenvalue weighted by molar-refractivity contribution is 5.48. The van der Waals surface area contributed by atoms with Gasteiger partial charge in [-0.1, -0.05) is 38.1 Å². The smallest absolute Gasteiger partial charge is 0.0594 e. The van der Waals surface area contributed by atoms with Crippen LogP contribution in [-0.4, -0.2) is 57.4 Å². The average Bonchev–Trinajstić information content (AvgIpc) is 2.72. The highest BCUT2D eigenvalue weighted by Gasteiger charge is 2.12. The Labute approximate surface area is 154 Å². The maximum absolute atomic E-state index is 5.38. The molecule has 2 saturated heterocycles. The summed E-state index contributed by atoms with van der Waals surface area (Å²) in [6.45, 7) is 17.3. The summed E-state index contributed by atoms with van der Waals surface area (Å²) < 4.78 is 5.38. The van der Waals surface area contributed by atoms with E-state index in [0.717, 1.165) is 59.0 Å². The minimum atomic E-state index is 0.874. The largest absolute Gasteiger partial charge is 0.379 e. The van der Waals surface area contributed by atoms with E-state index >= 15 is 0 Å². The Morgan fingerprint density at radius 2 is 1.48 bits per heavy atom. The number of nitrogens with zero attached hydrogens (tertiary/aromatic N) is 2. The Morgan fingerprint density at radius 1 is 0.920 bits per heavy atom. The van der Waals surface area contributed by atoms with E-state index in [9.17, 15) is 0 Å². The number of ether oxygens (including phenoxy) is 1. The molecule has 2 aliphatic rings. The molecule has 1 N–H and O–H groups in total. The lowest BCUT2D eigenvalue weighted by Crippen LogP contribution is -2.43. The molecule has 0 spiro atoms. The highest BCUT2D eigenvalue weighted by Crippen LogP contribution is 2.17. The number of hydrogen-bond acceptors (Lipinski definition) is 4. The van der Waals surface area contributed by atoms with Crippen molar-refractivity contribution < 1.29 is 4.74 Å². The summed E-state index contributed by atoms with van der Waals surface area (Å²) in [5.41, 5.74) is 2.76. The molecule has 0 atom stereocenters. The first kappa shape index (κ1) is 21.7. The van der Waals surface area contributed by atoms with Crippen LogP contribution < -0.4 is 10.2 Å². The number of morpholine rings is 1. The predicted octanol–water partition coefficient (Wildman–Crippen LogP) is 3.54. The summed E-state index contributed by atoms with van der Waals surface area (Å²) in [7, 11) is 0. The average molecular weight is 348 g/mol.